The van der Waals surface area contributed by atoms with Crippen molar-refractivity contribution < 1.29 is 0 Å². The van der Waals surface area contributed by atoms with Gasteiger partial charge in [-0.3, -0.25) is 0 Å². The third-order valence-electron chi connectivity index (χ3n) is 13.2. The first-order valence-electron chi connectivity index (χ1n) is 22.1. The Kier molecular flexibility index (Phi) is 8.84. The van der Waals surface area contributed by atoms with Gasteiger partial charge in [0.1, 0.15) is 0 Å². The highest BCUT2D eigenvalue weighted by molar-refractivity contribution is 6.11. The Morgan fingerprint density at radius 3 is 1.47 bits per heavy atom. The van der Waals surface area contributed by atoms with E-state index >= 15 is 0 Å². The summed E-state index contributed by atoms with van der Waals surface area (Å²) in [4.78, 5) is 10.5. The quantitative estimate of drug-likeness (QED) is 0.160. The van der Waals surface area contributed by atoms with Crippen LogP contribution >= 0.6 is 0 Å². The van der Waals surface area contributed by atoms with Gasteiger partial charge in [0.15, 0.2) is 5.82 Å². The van der Waals surface area contributed by atoms with Gasteiger partial charge in [-0.05, 0) is 104 Å². The first-order chi connectivity index (χ1) is 31.5. The molecule has 1 aliphatic carbocycles. The highest BCUT2D eigenvalue weighted by atomic mass is 15.0. The average Bonchev–Trinajstić information content (AvgIpc) is 3.81. The zero-order chi connectivity index (χ0) is 42.8. The van der Waals surface area contributed by atoms with Crippen LogP contribution in [0.2, 0.25) is 0 Å². The van der Waals surface area contributed by atoms with E-state index in [-0.39, 0.29) is 5.41 Å². The molecule has 0 saturated heterocycles. The number of nitrogens with zero attached hydrogens (tertiary/aromatic N) is 3. The van der Waals surface area contributed by atoms with Crippen molar-refractivity contribution in [2.75, 3.05) is 0 Å². The molecule has 3 nitrogen and oxygen atoms in total. The Labute approximate surface area is 373 Å². The van der Waals surface area contributed by atoms with Crippen LogP contribution in [0.3, 0.4) is 0 Å². The molecule has 64 heavy (non-hydrogen) atoms. The van der Waals surface area contributed by atoms with Crippen LogP contribution in [0, 0.1) is 0 Å². The van der Waals surface area contributed by atoms with Gasteiger partial charge in [-0.2, -0.15) is 0 Å². The summed E-state index contributed by atoms with van der Waals surface area (Å²) in [6.07, 6.45) is 0. The van der Waals surface area contributed by atoms with Crippen LogP contribution in [-0.2, 0) is 5.41 Å². The molecule has 0 spiro atoms. The Balaban J connectivity index is 1.10. The summed E-state index contributed by atoms with van der Waals surface area (Å²) in [5, 5.41) is 2.36. The highest BCUT2D eigenvalue weighted by Gasteiger charge is 2.35. The third kappa shape index (κ3) is 6.36. The first kappa shape index (κ1) is 37.6. The summed E-state index contributed by atoms with van der Waals surface area (Å²) in [5.74, 6) is 0.684. The molecule has 3 heteroatoms. The first-order valence-corrected chi connectivity index (χ1v) is 22.1. The van der Waals surface area contributed by atoms with Crippen molar-refractivity contribution in [1.82, 2.24) is 14.5 Å². The van der Waals surface area contributed by atoms with Gasteiger partial charge in [0.2, 0.25) is 0 Å². The smallest absolute Gasteiger partial charge is 0.160 e. The highest BCUT2D eigenvalue weighted by Crippen LogP contribution is 2.50. The molecular formula is C61H43N3. The van der Waals surface area contributed by atoms with Crippen LogP contribution in [0.25, 0.3) is 106 Å². The number of benzene rings is 9. The minimum absolute atomic E-state index is 0.0430. The molecule has 0 fully saturated rings. The van der Waals surface area contributed by atoms with Gasteiger partial charge in [0.05, 0.1) is 22.4 Å². The summed E-state index contributed by atoms with van der Waals surface area (Å²) >= 11 is 0. The van der Waals surface area contributed by atoms with Crippen molar-refractivity contribution in [3.63, 3.8) is 0 Å². The van der Waals surface area contributed by atoms with Crippen LogP contribution in [0.15, 0.2) is 224 Å². The standard InChI is InChI=1S/C61H43N3/c1-61(2)54-26-16-15-25-50(54)52-36-44(28-31-55(52)61)45-29-32-58-53(37-45)51-30-27-46(60-62-56(42-21-11-5-12-22-42)39-57(63-60)43-23-13-6-14-24-43)38-59(51)64(58)49-34-47(40-17-7-3-8-18-40)33-48(35-49)41-19-9-4-10-20-41/h3-39H,1-2H3. The van der Waals surface area contributed by atoms with Gasteiger partial charge in [-0.15, -0.1) is 0 Å². The topological polar surface area (TPSA) is 30.7 Å². The van der Waals surface area contributed by atoms with Gasteiger partial charge in [-0.1, -0.05) is 190 Å². The zero-order valence-electron chi connectivity index (χ0n) is 35.7. The second-order valence-electron chi connectivity index (χ2n) is 17.4. The summed E-state index contributed by atoms with van der Waals surface area (Å²) in [5.41, 5.74) is 20.6. The molecular weight excluding hydrogens is 775 g/mol. The van der Waals surface area contributed by atoms with Crippen molar-refractivity contribution in [2.24, 2.45) is 0 Å². The van der Waals surface area contributed by atoms with E-state index in [9.17, 15) is 0 Å². The Hall–Kier alpha value is -8.14. The van der Waals surface area contributed by atoms with E-state index < -0.39 is 0 Å². The van der Waals surface area contributed by atoms with Gasteiger partial charge in [-0.25, -0.2) is 9.97 Å². The summed E-state index contributed by atoms with van der Waals surface area (Å²) in [6, 6.07) is 81.0. The van der Waals surface area contributed by atoms with E-state index in [1.165, 1.54) is 55.3 Å². The second-order valence-corrected chi connectivity index (χ2v) is 17.4. The van der Waals surface area contributed by atoms with E-state index in [1.54, 1.807) is 0 Å². The normalized spacial score (nSPS) is 12.7. The largest absolute Gasteiger partial charge is 0.309 e. The lowest BCUT2D eigenvalue weighted by atomic mass is 9.82. The van der Waals surface area contributed by atoms with E-state index in [1.807, 2.05) is 12.1 Å². The lowest BCUT2D eigenvalue weighted by Gasteiger charge is -2.21. The van der Waals surface area contributed by atoms with Crippen LogP contribution in [0.1, 0.15) is 25.0 Å². The molecule has 302 valence electrons. The molecule has 0 saturated carbocycles. The average molecular weight is 818 g/mol. The molecule has 11 aromatic rings. The molecule has 0 radical (unpaired) electrons. The van der Waals surface area contributed by atoms with Crippen LogP contribution < -0.4 is 0 Å². The van der Waals surface area contributed by atoms with E-state index in [0.29, 0.717) is 5.82 Å². The lowest BCUT2D eigenvalue weighted by Crippen LogP contribution is -2.14. The third-order valence-corrected chi connectivity index (χ3v) is 13.2. The number of fused-ring (bicyclic) bond motifs is 6. The van der Waals surface area contributed by atoms with Crippen molar-refractivity contribution in [3.8, 4) is 84.1 Å². The molecule has 0 unspecified atom stereocenters. The second kappa shape index (κ2) is 15.0. The zero-order valence-corrected chi connectivity index (χ0v) is 35.7. The van der Waals surface area contributed by atoms with Crippen LogP contribution in [0.4, 0.5) is 0 Å². The molecule has 0 atom stereocenters. The van der Waals surface area contributed by atoms with Crippen molar-refractivity contribution in [1.29, 1.82) is 0 Å². The molecule has 0 aliphatic heterocycles. The predicted octanol–water partition coefficient (Wildman–Crippen LogP) is 15.9. The molecule has 12 rings (SSSR count). The van der Waals surface area contributed by atoms with Gasteiger partial charge < -0.3 is 4.57 Å². The van der Waals surface area contributed by atoms with Gasteiger partial charge in [0.25, 0.3) is 0 Å². The van der Waals surface area contributed by atoms with E-state index in [4.69, 9.17) is 9.97 Å². The maximum Gasteiger partial charge on any atom is 0.160 e. The van der Waals surface area contributed by atoms with Gasteiger partial charge >= 0.3 is 0 Å². The number of hydrogen-bond donors (Lipinski definition) is 0. The fourth-order valence-electron chi connectivity index (χ4n) is 9.94. The molecule has 0 N–H and O–H groups in total. The summed E-state index contributed by atoms with van der Waals surface area (Å²) < 4.78 is 2.44. The van der Waals surface area contributed by atoms with Crippen molar-refractivity contribution in [2.45, 2.75) is 19.3 Å². The predicted molar refractivity (Wildman–Crippen MR) is 267 cm³/mol. The molecule has 2 heterocycles. The molecule has 2 aromatic heterocycles. The molecule has 1 aliphatic rings. The fourth-order valence-corrected chi connectivity index (χ4v) is 9.94. The van der Waals surface area contributed by atoms with Crippen molar-refractivity contribution in [3.05, 3.63) is 236 Å². The maximum atomic E-state index is 5.26. The van der Waals surface area contributed by atoms with E-state index in [0.717, 1.165) is 55.9 Å². The number of rotatable bonds is 7. The molecule has 0 bridgehead atoms. The lowest BCUT2D eigenvalue weighted by molar-refractivity contribution is 0.660. The number of aromatic nitrogens is 3. The molecule has 9 aromatic carbocycles. The Bertz CT molecular complexity index is 3440. The van der Waals surface area contributed by atoms with Gasteiger partial charge in [0, 0.05) is 38.6 Å². The summed E-state index contributed by atoms with van der Waals surface area (Å²) in [7, 11) is 0. The van der Waals surface area contributed by atoms with E-state index in [2.05, 4.69) is 231 Å². The molecule has 0 amide bonds. The number of hydrogen-bond acceptors (Lipinski definition) is 2. The Morgan fingerprint density at radius 2 is 0.844 bits per heavy atom. The SMILES string of the molecule is CC1(C)c2ccccc2-c2cc(-c3ccc4c(c3)c3ccc(-c5nc(-c6ccccc6)cc(-c6ccccc6)n5)cc3n4-c3cc(-c4ccccc4)cc(-c4ccccc4)c3)ccc21. The van der Waals surface area contributed by atoms with Crippen LogP contribution in [-0.4, -0.2) is 14.5 Å². The van der Waals surface area contributed by atoms with Crippen molar-refractivity contribution >= 4 is 21.8 Å². The minimum atomic E-state index is -0.0430. The van der Waals surface area contributed by atoms with Crippen LogP contribution in [0.5, 0.6) is 0 Å². The summed E-state index contributed by atoms with van der Waals surface area (Å²) in [6.45, 7) is 4.68. The fraction of sp³-hybridized carbons (Fsp3) is 0.0492. The maximum absolute atomic E-state index is 5.26. The monoisotopic (exact) mass is 817 g/mol. The minimum Gasteiger partial charge on any atom is -0.309 e. The Morgan fingerprint density at radius 1 is 0.328 bits per heavy atom.